The van der Waals surface area contributed by atoms with Gasteiger partial charge >= 0.3 is 6.09 Å². The smallest absolute Gasteiger partial charge is 0.404 e. The van der Waals surface area contributed by atoms with Gasteiger partial charge in [0.2, 0.25) is 11.6 Å². The number of carbonyl (C=O) groups excluding carboxylic acids is 3. The highest BCUT2D eigenvalue weighted by molar-refractivity contribution is 6.27. The van der Waals surface area contributed by atoms with Crippen molar-refractivity contribution in [2.24, 2.45) is 11.7 Å². The highest BCUT2D eigenvalue weighted by atomic mass is 16.6. The molecule has 4 heterocycles. The summed E-state index contributed by atoms with van der Waals surface area (Å²) in [6.07, 6.45) is 2.46. The number of nitrogens with one attached hydrogen (secondary N) is 2. The van der Waals surface area contributed by atoms with Gasteiger partial charge in [-0.15, -0.1) is 0 Å². The lowest BCUT2D eigenvalue weighted by Gasteiger charge is -2.39. The molecule has 0 bridgehead atoms. The lowest BCUT2D eigenvalue weighted by atomic mass is 9.82. The number of hydrogen-bond donors (Lipinski definition) is 3. The van der Waals surface area contributed by atoms with Gasteiger partial charge < -0.3 is 30.7 Å². The third kappa shape index (κ3) is 2.63. The molecule has 174 valence electrons. The molecule has 4 aliphatic rings. The van der Waals surface area contributed by atoms with Crippen LogP contribution in [0.2, 0.25) is 0 Å². The van der Waals surface area contributed by atoms with Crippen molar-refractivity contribution in [3.8, 4) is 0 Å². The average Bonchev–Trinajstić information content (AvgIpc) is 3.45. The van der Waals surface area contributed by atoms with Crippen LogP contribution in [0.1, 0.15) is 6.92 Å². The normalized spacial score (nSPS) is 29.4. The number of allylic oxidation sites excluding steroid dienone is 2. The van der Waals surface area contributed by atoms with Crippen molar-refractivity contribution in [2.75, 3.05) is 25.6 Å². The van der Waals surface area contributed by atoms with E-state index in [4.69, 9.17) is 15.2 Å². The summed E-state index contributed by atoms with van der Waals surface area (Å²) in [5.41, 5.74) is 6.06. The Morgan fingerprint density at radius 3 is 2.91 bits per heavy atom. The van der Waals surface area contributed by atoms with Crippen molar-refractivity contribution in [1.82, 2.24) is 15.2 Å². The number of Topliss-reactive ketones (excluding diaryl/α,β-unsaturated/α-hetero) is 2. The number of ether oxygens (including phenoxy) is 2. The summed E-state index contributed by atoms with van der Waals surface area (Å²) >= 11 is 0. The van der Waals surface area contributed by atoms with E-state index in [2.05, 4.69) is 15.6 Å². The lowest BCUT2D eigenvalue weighted by Crippen LogP contribution is -2.55. The first-order chi connectivity index (χ1) is 16.4. The molecule has 1 amide bonds. The van der Waals surface area contributed by atoms with E-state index in [0.717, 1.165) is 10.8 Å². The van der Waals surface area contributed by atoms with Crippen molar-refractivity contribution < 1.29 is 23.9 Å². The molecular weight excluding hydrogens is 438 g/mol. The number of ketones is 2. The van der Waals surface area contributed by atoms with Gasteiger partial charge in [0.05, 0.1) is 23.4 Å². The molecule has 1 aromatic heterocycles. The number of nitrogens with two attached hydrogens (primary N) is 1. The Morgan fingerprint density at radius 2 is 2.15 bits per heavy atom. The molecule has 10 nitrogen and oxygen atoms in total. The Bertz CT molecular complexity index is 1350. The zero-order chi connectivity index (χ0) is 23.8. The standard InChI is InChI=1S/C24H23N5O5/c1-11-18(27-15-5-3-4-12-8-26-7-6-13(12)15)21(31)17-14(10-34-23(25)32)24(33-2)22-16(28-22)9-29(24)19(17)20(11)30/h3-8,14,16,22,27-28H,9-10H2,1-2H3,(H2,25,32). The van der Waals surface area contributed by atoms with Crippen LogP contribution in [-0.4, -0.2) is 65.6 Å². The Labute approximate surface area is 194 Å². The van der Waals surface area contributed by atoms with Gasteiger partial charge in [-0.25, -0.2) is 4.79 Å². The number of rotatable bonds is 5. The number of amides is 1. The molecule has 2 aromatic rings. The van der Waals surface area contributed by atoms with Crippen molar-refractivity contribution >= 4 is 34.1 Å². The molecule has 2 saturated heterocycles. The number of carbonyl (C=O) groups is 3. The zero-order valence-corrected chi connectivity index (χ0v) is 18.6. The highest BCUT2D eigenvalue weighted by Gasteiger charge is 2.72. The number of primary amides is 1. The van der Waals surface area contributed by atoms with Crippen LogP contribution < -0.4 is 16.4 Å². The quantitative estimate of drug-likeness (QED) is 0.439. The van der Waals surface area contributed by atoms with E-state index in [1.165, 1.54) is 0 Å². The number of pyridine rings is 1. The van der Waals surface area contributed by atoms with Crippen molar-refractivity contribution in [3.63, 3.8) is 0 Å². The topological polar surface area (TPSA) is 146 Å². The van der Waals surface area contributed by atoms with Gasteiger partial charge in [0.1, 0.15) is 6.61 Å². The summed E-state index contributed by atoms with van der Waals surface area (Å²) in [5, 5.41) is 8.33. The first kappa shape index (κ1) is 20.8. The Hall–Kier alpha value is -3.76. The van der Waals surface area contributed by atoms with E-state index in [1.54, 1.807) is 26.4 Å². The van der Waals surface area contributed by atoms with Crippen LogP contribution >= 0.6 is 0 Å². The number of benzene rings is 1. The van der Waals surface area contributed by atoms with Gasteiger partial charge in [-0.3, -0.25) is 14.6 Å². The molecular formula is C24H23N5O5. The summed E-state index contributed by atoms with van der Waals surface area (Å²) in [5.74, 6) is -1.24. The molecule has 1 aromatic carbocycles. The Morgan fingerprint density at radius 1 is 1.32 bits per heavy atom. The third-order valence-corrected chi connectivity index (χ3v) is 7.37. The molecule has 10 heteroatoms. The maximum Gasteiger partial charge on any atom is 0.404 e. The van der Waals surface area contributed by atoms with Crippen LogP contribution in [0.15, 0.2) is 59.2 Å². The molecule has 4 unspecified atom stereocenters. The first-order valence-electron chi connectivity index (χ1n) is 11.0. The second-order valence-electron chi connectivity index (χ2n) is 8.95. The molecule has 1 aliphatic carbocycles. The maximum atomic E-state index is 14.0. The Balaban J connectivity index is 1.44. The zero-order valence-electron chi connectivity index (χ0n) is 18.6. The van der Waals surface area contributed by atoms with Crippen LogP contribution in [-0.2, 0) is 19.1 Å². The number of methoxy groups -OCH3 is 1. The number of hydrogen-bond acceptors (Lipinski definition) is 9. The molecule has 4 atom stereocenters. The van der Waals surface area contributed by atoms with Gasteiger partial charge in [0.15, 0.2) is 5.72 Å². The van der Waals surface area contributed by atoms with Gasteiger partial charge in [-0.2, -0.15) is 0 Å². The number of aromatic nitrogens is 1. The largest absolute Gasteiger partial charge is 0.449 e. The molecule has 0 radical (unpaired) electrons. The summed E-state index contributed by atoms with van der Waals surface area (Å²) in [6.45, 7) is 2.00. The predicted octanol–water partition coefficient (Wildman–Crippen LogP) is 1.05. The van der Waals surface area contributed by atoms with E-state index in [1.807, 2.05) is 29.2 Å². The molecule has 2 fully saturated rings. The minimum atomic E-state index is -1.00. The number of piperazine rings is 1. The summed E-state index contributed by atoms with van der Waals surface area (Å²) < 4.78 is 11.2. The SMILES string of the molecule is COC12C(COC(N)=O)C3=C(C(=O)C(C)=C(Nc4cccc5cnccc45)C3=O)N1CC1NC12. The summed E-state index contributed by atoms with van der Waals surface area (Å²) in [6, 6.07) is 7.53. The molecule has 0 saturated carbocycles. The van der Waals surface area contributed by atoms with Crippen molar-refractivity contribution in [2.45, 2.75) is 24.7 Å². The second-order valence-corrected chi connectivity index (χ2v) is 8.95. The molecule has 6 rings (SSSR count). The van der Waals surface area contributed by atoms with Gasteiger partial charge in [-0.05, 0) is 19.1 Å². The second kappa shape index (κ2) is 7.12. The third-order valence-electron chi connectivity index (χ3n) is 7.37. The monoisotopic (exact) mass is 461 g/mol. The van der Waals surface area contributed by atoms with Crippen LogP contribution in [0, 0.1) is 5.92 Å². The first-order valence-corrected chi connectivity index (χ1v) is 11.0. The number of anilines is 1. The van der Waals surface area contributed by atoms with E-state index in [-0.39, 0.29) is 41.5 Å². The van der Waals surface area contributed by atoms with Crippen molar-refractivity contribution in [3.05, 3.63) is 59.2 Å². The van der Waals surface area contributed by atoms with Crippen LogP contribution in [0.3, 0.4) is 0 Å². The van der Waals surface area contributed by atoms with Gasteiger partial charge in [-0.1, -0.05) is 12.1 Å². The highest BCUT2D eigenvalue weighted by Crippen LogP contribution is 2.55. The van der Waals surface area contributed by atoms with E-state index in [9.17, 15) is 14.4 Å². The minimum Gasteiger partial charge on any atom is -0.449 e. The fourth-order valence-electron chi connectivity index (χ4n) is 5.81. The fourth-order valence-corrected chi connectivity index (χ4v) is 5.81. The Kier molecular flexibility index (Phi) is 4.36. The lowest BCUT2D eigenvalue weighted by molar-refractivity contribution is -0.137. The molecule has 0 spiro atoms. The maximum absolute atomic E-state index is 14.0. The number of fused-ring (bicyclic) bond motifs is 5. The van der Waals surface area contributed by atoms with Crippen LogP contribution in [0.4, 0.5) is 10.5 Å². The van der Waals surface area contributed by atoms with Crippen LogP contribution in [0.5, 0.6) is 0 Å². The predicted molar refractivity (Wildman–Crippen MR) is 121 cm³/mol. The summed E-state index contributed by atoms with van der Waals surface area (Å²) in [7, 11) is 1.55. The van der Waals surface area contributed by atoms with Crippen molar-refractivity contribution in [1.29, 1.82) is 0 Å². The van der Waals surface area contributed by atoms with Gasteiger partial charge in [0.25, 0.3) is 0 Å². The summed E-state index contributed by atoms with van der Waals surface area (Å²) in [4.78, 5) is 45.1. The molecule has 34 heavy (non-hydrogen) atoms. The number of nitrogens with zero attached hydrogens (tertiary/aromatic N) is 2. The van der Waals surface area contributed by atoms with Gasteiger partial charge in [0, 0.05) is 59.7 Å². The van der Waals surface area contributed by atoms with Crippen LogP contribution in [0.25, 0.3) is 10.8 Å². The minimum absolute atomic E-state index is 0.0903. The molecule has 4 N–H and O–H groups in total. The average molecular weight is 461 g/mol. The van der Waals surface area contributed by atoms with E-state index < -0.39 is 17.7 Å². The fraction of sp³-hybridized carbons (Fsp3) is 0.333. The molecule has 3 aliphatic heterocycles. The van der Waals surface area contributed by atoms with E-state index >= 15 is 0 Å². The van der Waals surface area contributed by atoms with E-state index in [0.29, 0.717) is 23.5 Å².